The Morgan fingerprint density at radius 2 is 1.73 bits per heavy atom. The molecule has 1 nitrogen and oxygen atoms in total. The van der Waals surface area contributed by atoms with E-state index in [1.165, 1.54) is 37.8 Å². The monoisotopic (exact) mass is 267 g/mol. The quantitative estimate of drug-likeness (QED) is 0.854. The van der Waals surface area contributed by atoms with Crippen LogP contribution in [0.4, 0.5) is 5.69 Å². The summed E-state index contributed by atoms with van der Waals surface area (Å²) in [4.78, 5) is 0. The molecule has 0 unspecified atom stereocenters. The van der Waals surface area contributed by atoms with E-state index < -0.39 is 0 Å². The van der Waals surface area contributed by atoms with Gasteiger partial charge in [-0.25, -0.2) is 0 Å². The van der Waals surface area contributed by atoms with E-state index in [1.54, 1.807) is 0 Å². The van der Waals surface area contributed by atoms with Gasteiger partial charge in [0.2, 0.25) is 0 Å². The third kappa shape index (κ3) is 3.53. The Morgan fingerprint density at radius 3 is 2.40 bits per heavy atom. The fourth-order valence-corrected chi connectivity index (χ4v) is 2.49. The van der Waals surface area contributed by atoms with E-state index in [1.807, 2.05) is 0 Å². The normalized spacial score (nSPS) is 17.7. The molecule has 0 saturated heterocycles. The number of hydrogen-bond acceptors (Lipinski definition) is 1. The van der Waals surface area contributed by atoms with Crippen LogP contribution in [0.3, 0.4) is 0 Å². The number of hydrogen-bond donors (Lipinski definition) is 1. The molecule has 0 heterocycles. The summed E-state index contributed by atoms with van der Waals surface area (Å²) in [5.41, 5.74) is 1.24. The zero-order valence-electron chi connectivity index (χ0n) is 9.01. The van der Waals surface area contributed by atoms with Crippen molar-refractivity contribution in [2.45, 2.75) is 32.1 Å². The maximum Gasteiger partial charge on any atom is 0.0341 e. The Bertz CT molecular complexity index is 288. The van der Waals surface area contributed by atoms with E-state index in [0.29, 0.717) is 0 Å². The summed E-state index contributed by atoms with van der Waals surface area (Å²) in [5, 5.41) is 3.52. The highest BCUT2D eigenvalue weighted by Gasteiger charge is 2.12. The van der Waals surface area contributed by atoms with Crippen LogP contribution in [0.1, 0.15) is 32.1 Å². The summed E-state index contributed by atoms with van der Waals surface area (Å²) >= 11 is 3.45. The first kappa shape index (κ1) is 11.0. The molecule has 0 spiro atoms. The van der Waals surface area contributed by atoms with Gasteiger partial charge >= 0.3 is 0 Å². The minimum Gasteiger partial charge on any atom is -0.385 e. The van der Waals surface area contributed by atoms with Crippen molar-refractivity contribution in [3.05, 3.63) is 28.7 Å². The van der Waals surface area contributed by atoms with Gasteiger partial charge in [-0.05, 0) is 43.0 Å². The molecule has 1 fully saturated rings. The largest absolute Gasteiger partial charge is 0.385 e. The summed E-state index contributed by atoms with van der Waals surface area (Å²) in [6.45, 7) is 1.14. The molecule has 2 rings (SSSR count). The van der Waals surface area contributed by atoms with Crippen molar-refractivity contribution in [3.63, 3.8) is 0 Å². The maximum absolute atomic E-state index is 3.52. The predicted octanol–water partition coefficient (Wildman–Crippen LogP) is 4.44. The average molecular weight is 268 g/mol. The molecule has 0 aromatic heterocycles. The number of rotatable bonds is 3. The predicted molar refractivity (Wildman–Crippen MR) is 69.2 cm³/mol. The lowest BCUT2D eigenvalue weighted by Gasteiger charge is -2.22. The maximum atomic E-state index is 3.52. The minimum absolute atomic E-state index is 0.891. The van der Waals surface area contributed by atoms with E-state index >= 15 is 0 Å². The van der Waals surface area contributed by atoms with Gasteiger partial charge in [-0.3, -0.25) is 0 Å². The highest BCUT2D eigenvalue weighted by Crippen LogP contribution is 2.24. The molecule has 0 amide bonds. The molecule has 82 valence electrons. The lowest BCUT2D eigenvalue weighted by Crippen LogP contribution is -2.16. The van der Waals surface area contributed by atoms with Gasteiger partial charge in [0.25, 0.3) is 0 Å². The molecule has 0 aliphatic heterocycles. The molecule has 0 radical (unpaired) electrons. The first-order valence-electron chi connectivity index (χ1n) is 5.84. The lowest BCUT2D eigenvalue weighted by molar-refractivity contribution is 0.373. The Kier molecular flexibility index (Phi) is 4.07. The summed E-state index contributed by atoms with van der Waals surface area (Å²) < 4.78 is 1.14. The van der Waals surface area contributed by atoms with Gasteiger partial charge in [-0.1, -0.05) is 35.2 Å². The summed E-state index contributed by atoms with van der Waals surface area (Å²) in [6.07, 6.45) is 7.10. The number of benzene rings is 1. The molecule has 0 bridgehead atoms. The van der Waals surface area contributed by atoms with Crippen LogP contribution in [0.25, 0.3) is 0 Å². The van der Waals surface area contributed by atoms with Crippen LogP contribution in [0.15, 0.2) is 28.7 Å². The molecule has 2 heteroatoms. The second-order valence-electron chi connectivity index (χ2n) is 4.39. The van der Waals surface area contributed by atoms with Crippen molar-refractivity contribution in [1.29, 1.82) is 0 Å². The van der Waals surface area contributed by atoms with Gasteiger partial charge in [0.15, 0.2) is 0 Å². The highest BCUT2D eigenvalue weighted by molar-refractivity contribution is 9.10. The lowest BCUT2D eigenvalue weighted by atomic mass is 9.89. The van der Waals surface area contributed by atoms with Crippen molar-refractivity contribution >= 4 is 21.6 Å². The summed E-state index contributed by atoms with van der Waals surface area (Å²) in [5.74, 6) is 0.891. The second kappa shape index (κ2) is 5.55. The zero-order valence-corrected chi connectivity index (χ0v) is 10.6. The fourth-order valence-electron chi connectivity index (χ4n) is 2.22. The fraction of sp³-hybridized carbons (Fsp3) is 0.538. The number of anilines is 1. The Labute approximate surface area is 100 Å². The Hall–Kier alpha value is -0.500. The molecule has 1 aromatic carbocycles. The van der Waals surface area contributed by atoms with Gasteiger partial charge in [0.1, 0.15) is 0 Å². The van der Waals surface area contributed by atoms with Crippen molar-refractivity contribution in [1.82, 2.24) is 0 Å². The van der Waals surface area contributed by atoms with Gasteiger partial charge < -0.3 is 5.32 Å². The van der Waals surface area contributed by atoms with Crippen LogP contribution in [-0.4, -0.2) is 6.54 Å². The molecule has 1 saturated carbocycles. The SMILES string of the molecule is Brc1ccc(NCC2CCCCC2)cc1. The number of halogens is 1. The summed E-state index contributed by atoms with van der Waals surface area (Å²) in [7, 11) is 0. The van der Waals surface area contributed by atoms with Crippen molar-refractivity contribution in [3.8, 4) is 0 Å². The van der Waals surface area contributed by atoms with E-state index in [9.17, 15) is 0 Å². The van der Waals surface area contributed by atoms with Crippen LogP contribution in [0.2, 0.25) is 0 Å². The highest BCUT2D eigenvalue weighted by atomic mass is 79.9. The van der Waals surface area contributed by atoms with Crippen molar-refractivity contribution in [2.75, 3.05) is 11.9 Å². The Balaban J connectivity index is 1.79. The van der Waals surface area contributed by atoms with Gasteiger partial charge in [0, 0.05) is 16.7 Å². The third-order valence-electron chi connectivity index (χ3n) is 3.16. The average Bonchev–Trinajstić information content (AvgIpc) is 2.30. The van der Waals surface area contributed by atoms with Gasteiger partial charge in [-0.2, -0.15) is 0 Å². The number of nitrogens with one attached hydrogen (secondary N) is 1. The van der Waals surface area contributed by atoms with E-state index in [4.69, 9.17) is 0 Å². The first-order valence-corrected chi connectivity index (χ1v) is 6.63. The summed E-state index contributed by atoms with van der Waals surface area (Å²) in [6, 6.07) is 8.44. The van der Waals surface area contributed by atoms with E-state index in [0.717, 1.165) is 16.9 Å². The van der Waals surface area contributed by atoms with Crippen LogP contribution in [0.5, 0.6) is 0 Å². The zero-order chi connectivity index (χ0) is 10.5. The topological polar surface area (TPSA) is 12.0 Å². The van der Waals surface area contributed by atoms with Crippen molar-refractivity contribution < 1.29 is 0 Å². The first-order chi connectivity index (χ1) is 7.34. The molecular formula is C13H18BrN. The van der Waals surface area contributed by atoms with Crippen LogP contribution in [-0.2, 0) is 0 Å². The minimum atomic E-state index is 0.891. The van der Waals surface area contributed by atoms with Crippen LogP contribution < -0.4 is 5.32 Å². The molecule has 1 aliphatic carbocycles. The molecule has 1 aromatic rings. The standard InChI is InChI=1S/C13H18BrN/c14-12-6-8-13(9-7-12)15-10-11-4-2-1-3-5-11/h6-9,11,15H,1-5,10H2. The van der Waals surface area contributed by atoms with Crippen LogP contribution >= 0.6 is 15.9 Å². The second-order valence-corrected chi connectivity index (χ2v) is 5.31. The van der Waals surface area contributed by atoms with Crippen molar-refractivity contribution in [2.24, 2.45) is 5.92 Å². The third-order valence-corrected chi connectivity index (χ3v) is 3.69. The Morgan fingerprint density at radius 1 is 1.07 bits per heavy atom. The molecule has 0 atom stereocenters. The van der Waals surface area contributed by atoms with Crippen LogP contribution in [0, 0.1) is 5.92 Å². The van der Waals surface area contributed by atoms with E-state index in [-0.39, 0.29) is 0 Å². The van der Waals surface area contributed by atoms with Gasteiger partial charge in [-0.15, -0.1) is 0 Å². The van der Waals surface area contributed by atoms with E-state index in [2.05, 4.69) is 45.5 Å². The molecular weight excluding hydrogens is 250 g/mol. The smallest absolute Gasteiger partial charge is 0.0341 e. The van der Waals surface area contributed by atoms with Gasteiger partial charge in [0.05, 0.1) is 0 Å². The molecule has 15 heavy (non-hydrogen) atoms. The molecule has 1 N–H and O–H groups in total. The molecule has 1 aliphatic rings.